The molecule has 2 N–H and O–H groups in total. The summed E-state index contributed by atoms with van der Waals surface area (Å²) >= 11 is 9.49. The quantitative estimate of drug-likeness (QED) is 0.771. The van der Waals surface area contributed by atoms with Crippen LogP contribution in [0.25, 0.3) is 0 Å². The van der Waals surface area contributed by atoms with Crippen molar-refractivity contribution in [3.63, 3.8) is 0 Å². The molecule has 0 saturated heterocycles. The van der Waals surface area contributed by atoms with E-state index in [-0.39, 0.29) is 11.9 Å². The molecule has 0 spiro atoms. The fraction of sp³-hybridized carbons (Fsp3) is 0.250. The first kappa shape index (κ1) is 16.3. The van der Waals surface area contributed by atoms with Crippen molar-refractivity contribution in [3.05, 3.63) is 57.3 Å². The second kappa shape index (κ2) is 7.25. The largest absolute Gasteiger partial charge is 0.455 e. The number of benzene rings is 2. The first-order chi connectivity index (χ1) is 9.99. The Bertz CT molecular complexity index is 636. The Morgan fingerprint density at radius 3 is 2.71 bits per heavy atom. The van der Waals surface area contributed by atoms with Gasteiger partial charge >= 0.3 is 0 Å². The maximum absolute atomic E-state index is 13.5. The third-order valence-electron chi connectivity index (χ3n) is 3.14. The van der Waals surface area contributed by atoms with Gasteiger partial charge in [-0.1, -0.05) is 34.5 Å². The van der Waals surface area contributed by atoms with Crippen molar-refractivity contribution in [2.75, 3.05) is 0 Å². The summed E-state index contributed by atoms with van der Waals surface area (Å²) in [4.78, 5) is 0. The van der Waals surface area contributed by atoms with Gasteiger partial charge in [0, 0.05) is 10.5 Å². The number of rotatable bonds is 5. The molecule has 1 atom stereocenters. The van der Waals surface area contributed by atoms with E-state index in [0.717, 1.165) is 16.5 Å². The average molecular weight is 373 g/mol. The Labute approximate surface area is 137 Å². The summed E-state index contributed by atoms with van der Waals surface area (Å²) in [7, 11) is 0. The summed E-state index contributed by atoms with van der Waals surface area (Å²) < 4.78 is 20.1. The van der Waals surface area contributed by atoms with Gasteiger partial charge in [0.05, 0.1) is 5.02 Å². The normalized spacial score (nSPS) is 12.2. The predicted octanol–water partition coefficient (Wildman–Crippen LogP) is 5.31. The molecule has 112 valence electrons. The van der Waals surface area contributed by atoms with Gasteiger partial charge in [-0.3, -0.25) is 0 Å². The number of halogens is 3. The minimum absolute atomic E-state index is 0.0351. The molecule has 0 aliphatic rings. The molecular formula is C16H16BrClFNO. The average Bonchev–Trinajstić information content (AvgIpc) is 2.45. The summed E-state index contributed by atoms with van der Waals surface area (Å²) in [6.45, 7) is 2.00. The van der Waals surface area contributed by atoms with Gasteiger partial charge in [0.1, 0.15) is 17.3 Å². The number of nitrogens with two attached hydrogens (primary N) is 1. The molecule has 0 fully saturated rings. The molecule has 1 unspecified atom stereocenters. The molecule has 0 heterocycles. The second-order valence-electron chi connectivity index (χ2n) is 4.80. The molecule has 0 bridgehead atoms. The zero-order valence-corrected chi connectivity index (χ0v) is 13.9. The molecule has 0 aliphatic heterocycles. The highest BCUT2D eigenvalue weighted by Gasteiger charge is 2.12. The lowest BCUT2D eigenvalue weighted by atomic mass is 10.0. The minimum atomic E-state index is -0.305. The van der Waals surface area contributed by atoms with Gasteiger partial charge in [-0.15, -0.1) is 0 Å². The third kappa shape index (κ3) is 4.43. The van der Waals surface area contributed by atoms with E-state index in [1.165, 1.54) is 12.1 Å². The SMILES string of the molecule is CCC(N)Cc1cc(F)ccc1Oc1cc(Br)ccc1Cl. The van der Waals surface area contributed by atoms with E-state index in [1.807, 2.05) is 13.0 Å². The number of ether oxygens (including phenoxy) is 1. The maximum Gasteiger partial charge on any atom is 0.147 e. The van der Waals surface area contributed by atoms with Gasteiger partial charge in [0.2, 0.25) is 0 Å². The van der Waals surface area contributed by atoms with Gasteiger partial charge in [-0.2, -0.15) is 0 Å². The monoisotopic (exact) mass is 371 g/mol. The minimum Gasteiger partial charge on any atom is -0.455 e. The highest BCUT2D eigenvalue weighted by atomic mass is 79.9. The van der Waals surface area contributed by atoms with Crippen molar-refractivity contribution in [2.45, 2.75) is 25.8 Å². The predicted molar refractivity (Wildman–Crippen MR) is 87.6 cm³/mol. The van der Waals surface area contributed by atoms with E-state index in [0.29, 0.717) is 22.9 Å². The van der Waals surface area contributed by atoms with E-state index in [1.54, 1.807) is 18.2 Å². The topological polar surface area (TPSA) is 35.2 Å². The van der Waals surface area contributed by atoms with Crippen LogP contribution in [-0.2, 0) is 6.42 Å². The Kier molecular flexibility index (Phi) is 5.62. The smallest absolute Gasteiger partial charge is 0.147 e. The van der Waals surface area contributed by atoms with Crippen molar-refractivity contribution in [1.82, 2.24) is 0 Å². The Morgan fingerprint density at radius 2 is 2.00 bits per heavy atom. The second-order valence-corrected chi connectivity index (χ2v) is 6.12. The van der Waals surface area contributed by atoms with Gasteiger partial charge in [0.25, 0.3) is 0 Å². The zero-order chi connectivity index (χ0) is 15.4. The first-order valence-electron chi connectivity index (χ1n) is 6.66. The first-order valence-corrected chi connectivity index (χ1v) is 7.83. The lowest BCUT2D eigenvalue weighted by Crippen LogP contribution is -2.21. The standard InChI is InChI=1S/C16H16BrClFNO/c1-2-13(20)8-10-7-12(19)4-6-15(10)21-16-9-11(17)3-5-14(16)18/h3-7,9,13H,2,8,20H2,1H3. The van der Waals surface area contributed by atoms with Gasteiger partial charge < -0.3 is 10.5 Å². The van der Waals surface area contributed by atoms with Crippen LogP contribution in [0, 0.1) is 5.82 Å². The van der Waals surface area contributed by atoms with E-state index in [4.69, 9.17) is 22.1 Å². The fourth-order valence-electron chi connectivity index (χ4n) is 1.91. The Morgan fingerprint density at radius 1 is 1.24 bits per heavy atom. The molecule has 2 nitrogen and oxygen atoms in total. The highest BCUT2D eigenvalue weighted by molar-refractivity contribution is 9.10. The van der Waals surface area contributed by atoms with Crippen LogP contribution in [0.3, 0.4) is 0 Å². The van der Waals surface area contributed by atoms with Crippen LogP contribution in [-0.4, -0.2) is 6.04 Å². The van der Waals surface area contributed by atoms with E-state index >= 15 is 0 Å². The molecule has 21 heavy (non-hydrogen) atoms. The lowest BCUT2D eigenvalue weighted by Gasteiger charge is -2.15. The Hall–Kier alpha value is -1.10. The van der Waals surface area contributed by atoms with E-state index in [9.17, 15) is 4.39 Å². The highest BCUT2D eigenvalue weighted by Crippen LogP contribution is 2.34. The van der Waals surface area contributed by atoms with Gasteiger partial charge in [0.15, 0.2) is 0 Å². The van der Waals surface area contributed by atoms with Crippen molar-refractivity contribution in [1.29, 1.82) is 0 Å². The molecule has 0 saturated carbocycles. The van der Waals surface area contributed by atoms with Crippen LogP contribution in [0.1, 0.15) is 18.9 Å². The van der Waals surface area contributed by atoms with Crippen molar-refractivity contribution < 1.29 is 9.13 Å². The molecule has 2 aromatic rings. The lowest BCUT2D eigenvalue weighted by molar-refractivity contribution is 0.469. The summed E-state index contributed by atoms with van der Waals surface area (Å²) in [5.41, 5.74) is 6.70. The van der Waals surface area contributed by atoms with Crippen molar-refractivity contribution in [3.8, 4) is 11.5 Å². The molecular weight excluding hydrogens is 357 g/mol. The van der Waals surface area contributed by atoms with Crippen LogP contribution in [0.5, 0.6) is 11.5 Å². The maximum atomic E-state index is 13.5. The van der Waals surface area contributed by atoms with Gasteiger partial charge in [-0.25, -0.2) is 4.39 Å². The molecule has 0 aromatic heterocycles. The molecule has 0 aliphatic carbocycles. The van der Waals surface area contributed by atoms with Crippen LogP contribution >= 0.6 is 27.5 Å². The van der Waals surface area contributed by atoms with Crippen LogP contribution in [0.2, 0.25) is 5.02 Å². The van der Waals surface area contributed by atoms with E-state index < -0.39 is 0 Å². The van der Waals surface area contributed by atoms with Gasteiger partial charge in [-0.05, 0) is 54.8 Å². The molecule has 2 rings (SSSR count). The summed E-state index contributed by atoms with van der Waals surface area (Å²) in [5.74, 6) is 0.783. The van der Waals surface area contributed by atoms with Crippen LogP contribution < -0.4 is 10.5 Å². The number of hydrogen-bond donors (Lipinski definition) is 1. The molecule has 0 radical (unpaired) electrons. The fourth-order valence-corrected chi connectivity index (χ4v) is 2.40. The van der Waals surface area contributed by atoms with Crippen LogP contribution in [0.15, 0.2) is 40.9 Å². The summed E-state index contributed by atoms with van der Waals surface area (Å²) in [6.07, 6.45) is 1.36. The number of hydrogen-bond acceptors (Lipinski definition) is 2. The summed E-state index contributed by atoms with van der Waals surface area (Å²) in [5, 5.41) is 0.494. The van der Waals surface area contributed by atoms with E-state index in [2.05, 4.69) is 15.9 Å². The molecule has 2 aromatic carbocycles. The molecule has 0 amide bonds. The van der Waals surface area contributed by atoms with Crippen LogP contribution in [0.4, 0.5) is 4.39 Å². The van der Waals surface area contributed by atoms with Crippen molar-refractivity contribution >= 4 is 27.5 Å². The Balaban J connectivity index is 2.32. The zero-order valence-electron chi connectivity index (χ0n) is 11.6. The molecule has 5 heteroatoms. The third-order valence-corrected chi connectivity index (χ3v) is 3.95. The van der Waals surface area contributed by atoms with Crippen molar-refractivity contribution in [2.24, 2.45) is 5.73 Å². The summed E-state index contributed by atoms with van der Waals surface area (Å²) in [6, 6.07) is 9.72.